The summed E-state index contributed by atoms with van der Waals surface area (Å²) < 4.78 is 1.20. The van der Waals surface area contributed by atoms with Crippen molar-refractivity contribution < 1.29 is 14.4 Å². The highest BCUT2D eigenvalue weighted by Crippen LogP contribution is 2.24. The number of carbonyl (C=O) groups is 2. The number of halogens is 2. The van der Waals surface area contributed by atoms with Crippen molar-refractivity contribution in [2.45, 2.75) is 13.3 Å². The van der Waals surface area contributed by atoms with Gasteiger partial charge in [0.25, 0.3) is 0 Å². The SMILES string of the molecule is CCC(=O)On1c(C(=O)c2ccc(Cl)cn2)cc2ccc(Cl)cc21. The fourth-order valence-corrected chi connectivity index (χ4v) is 2.49. The zero-order valence-corrected chi connectivity index (χ0v) is 14.1. The number of hydrogen-bond donors (Lipinski definition) is 0. The molecule has 0 radical (unpaired) electrons. The lowest BCUT2D eigenvalue weighted by molar-refractivity contribution is -0.143. The molecular weight excluding hydrogens is 351 g/mol. The lowest BCUT2D eigenvalue weighted by Crippen LogP contribution is -2.23. The van der Waals surface area contributed by atoms with Gasteiger partial charge in [-0.25, -0.2) is 4.79 Å². The minimum Gasteiger partial charge on any atom is -0.336 e. The molecule has 24 heavy (non-hydrogen) atoms. The predicted octanol–water partition coefficient (Wildman–Crippen LogP) is 3.94. The Balaban J connectivity index is 2.15. The van der Waals surface area contributed by atoms with Crippen molar-refractivity contribution >= 4 is 45.9 Å². The van der Waals surface area contributed by atoms with Gasteiger partial charge in [-0.05, 0) is 30.3 Å². The Morgan fingerprint density at radius 3 is 2.54 bits per heavy atom. The van der Waals surface area contributed by atoms with Crippen LogP contribution in [0.5, 0.6) is 0 Å². The molecule has 0 aliphatic carbocycles. The molecule has 2 aromatic heterocycles. The number of benzene rings is 1. The summed E-state index contributed by atoms with van der Waals surface area (Å²) in [7, 11) is 0. The maximum absolute atomic E-state index is 12.8. The Morgan fingerprint density at radius 2 is 1.88 bits per heavy atom. The fraction of sp³-hybridized carbons (Fsp3) is 0.118. The Hall–Kier alpha value is -2.37. The Bertz CT molecular complexity index is 933. The van der Waals surface area contributed by atoms with Crippen molar-refractivity contribution in [1.82, 2.24) is 9.71 Å². The molecule has 5 nitrogen and oxygen atoms in total. The maximum atomic E-state index is 12.8. The molecule has 0 aliphatic heterocycles. The summed E-state index contributed by atoms with van der Waals surface area (Å²) in [6, 6.07) is 9.80. The standard InChI is InChI=1S/C17H12Cl2N2O3/c1-2-16(22)24-21-14-8-11(18)4-3-10(14)7-15(21)17(23)13-6-5-12(19)9-20-13/h3-9H,2H2,1H3. The smallest absolute Gasteiger partial charge is 0.332 e. The first-order valence-corrected chi connectivity index (χ1v) is 7.93. The number of rotatable bonds is 4. The average Bonchev–Trinajstić information content (AvgIpc) is 2.92. The molecule has 3 rings (SSSR count). The van der Waals surface area contributed by atoms with Crippen molar-refractivity contribution in [3.8, 4) is 0 Å². The van der Waals surface area contributed by atoms with Gasteiger partial charge >= 0.3 is 5.97 Å². The van der Waals surface area contributed by atoms with Crippen LogP contribution in [0, 0.1) is 0 Å². The topological polar surface area (TPSA) is 61.2 Å². The summed E-state index contributed by atoms with van der Waals surface area (Å²) in [5.41, 5.74) is 0.910. The van der Waals surface area contributed by atoms with E-state index in [1.54, 1.807) is 37.3 Å². The van der Waals surface area contributed by atoms with Gasteiger partial charge in [0.1, 0.15) is 11.4 Å². The van der Waals surface area contributed by atoms with Crippen LogP contribution in [0.1, 0.15) is 29.5 Å². The van der Waals surface area contributed by atoms with Gasteiger partial charge in [-0.15, -0.1) is 0 Å². The molecular formula is C17H12Cl2N2O3. The number of fused-ring (bicyclic) bond motifs is 1. The molecule has 0 bridgehead atoms. The number of hydrogen-bond acceptors (Lipinski definition) is 4. The Morgan fingerprint density at radius 1 is 1.12 bits per heavy atom. The quantitative estimate of drug-likeness (QED) is 0.659. The molecule has 1 aromatic carbocycles. The predicted molar refractivity (Wildman–Crippen MR) is 91.5 cm³/mol. The maximum Gasteiger partial charge on any atom is 0.332 e. The summed E-state index contributed by atoms with van der Waals surface area (Å²) >= 11 is 11.8. The van der Waals surface area contributed by atoms with E-state index in [9.17, 15) is 9.59 Å². The van der Waals surface area contributed by atoms with Gasteiger partial charge in [-0.3, -0.25) is 9.78 Å². The molecule has 0 N–H and O–H groups in total. The van der Waals surface area contributed by atoms with E-state index >= 15 is 0 Å². The van der Waals surface area contributed by atoms with E-state index in [4.69, 9.17) is 28.0 Å². The van der Waals surface area contributed by atoms with Crippen LogP contribution in [-0.4, -0.2) is 21.5 Å². The molecule has 7 heteroatoms. The third-order valence-electron chi connectivity index (χ3n) is 3.40. The number of ketones is 1. The van der Waals surface area contributed by atoms with E-state index < -0.39 is 5.97 Å². The van der Waals surface area contributed by atoms with Crippen LogP contribution >= 0.6 is 23.2 Å². The average molecular weight is 363 g/mol. The molecule has 0 saturated heterocycles. The van der Waals surface area contributed by atoms with Crippen LogP contribution in [0.25, 0.3) is 10.9 Å². The van der Waals surface area contributed by atoms with Crippen molar-refractivity contribution in [2.75, 3.05) is 0 Å². The Labute approximate surface area is 147 Å². The highest BCUT2D eigenvalue weighted by atomic mass is 35.5. The monoisotopic (exact) mass is 362 g/mol. The van der Waals surface area contributed by atoms with Gasteiger partial charge in [-0.2, -0.15) is 4.73 Å². The third kappa shape index (κ3) is 3.13. The van der Waals surface area contributed by atoms with Gasteiger partial charge in [-0.1, -0.05) is 36.2 Å². The first-order chi connectivity index (χ1) is 11.5. The highest BCUT2D eigenvalue weighted by Gasteiger charge is 2.21. The van der Waals surface area contributed by atoms with Crippen LogP contribution in [-0.2, 0) is 4.79 Å². The van der Waals surface area contributed by atoms with Crippen LogP contribution in [0.3, 0.4) is 0 Å². The molecule has 3 aromatic rings. The van der Waals surface area contributed by atoms with E-state index in [2.05, 4.69) is 4.98 Å². The van der Waals surface area contributed by atoms with E-state index in [0.29, 0.717) is 15.6 Å². The molecule has 122 valence electrons. The second-order valence-electron chi connectivity index (χ2n) is 5.03. The van der Waals surface area contributed by atoms with Crippen LogP contribution in [0.2, 0.25) is 10.0 Å². The number of carbonyl (C=O) groups excluding carboxylic acids is 2. The molecule has 0 saturated carbocycles. The normalized spacial score (nSPS) is 10.8. The lowest BCUT2D eigenvalue weighted by atomic mass is 10.2. The van der Waals surface area contributed by atoms with E-state index in [1.165, 1.54) is 17.0 Å². The van der Waals surface area contributed by atoms with Gasteiger partial charge in [0.2, 0.25) is 5.78 Å². The fourth-order valence-electron chi connectivity index (χ4n) is 2.21. The second-order valence-corrected chi connectivity index (χ2v) is 5.91. The van der Waals surface area contributed by atoms with Crippen molar-refractivity contribution in [3.63, 3.8) is 0 Å². The van der Waals surface area contributed by atoms with Gasteiger partial charge in [0.05, 0.1) is 10.5 Å². The molecule has 0 atom stereocenters. The summed E-state index contributed by atoms with van der Waals surface area (Å²) in [4.78, 5) is 33.8. The summed E-state index contributed by atoms with van der Waals surface area (Å²) in [5, 5.41) is 1.62. The molecule has 0 fully saturated rings. The minimum atomic E-state index is -0.467. The number of pyridine rings is 1. The molecule has 0 spiro atoms. The third-order valence-corrected chi connectivity index (χ3v) is 3.86. The van der Waals surface area contributed by atoms with E-state index in [0.717, 1.165) is 5.39 Å². The summed E-state index contributed by atoms with van der Waals surface area (Å²) in [6.45, 7) is 1.67. The van der Waals surface area contributed by atoms with E-state index in [-0.39, 0.29) is 23.6 Å². The molecule has 0 aliphatic rings. The molecule has 2 heterocycles. The van der Waals surface area contributed by atoms with Gasteiger partial charge < -0.3 is 4.84 Å². The zero-order valence-electron chi connectivity index (χ0n) is 12.6. The van der Waals surface area contributed by atoms with Crippen LogP contribution in [0.15, 0.2) is 42.6 Å². The zero-order chi connectivity index (χ0) is 17.3. The lowest BCUT2D eigenvalue weighted by Gasteiger charge is -2.09. The van der Waals surface area contributed by atoms with Gasteiger partial charge in [0.15, 0.2) is 0 Å². The Kier molecular flexibility index (Phi) is 4.55. The summed E-state index contributed by atoms with van der Waals surface area (Å²) in [6.07, 6.45) is 1.56. The number of aromatic nitrogens is 2. The molecule has 0 amide bonds. The first kappa shape index (κ1) is 16.5. The molecule has 0 unspecified atom stereocenters. The van der Waals surface area contributed by atoms with Crippen LogP contribution in [0.4, 0.5) is 0 Å². The van der Waals surface area contributed by atoms with Crippen molar-refractivity contribution in [3.05, 3.63) is 64.0 Å². The second kappa shape index (κ2) is 6.63. The van der Waals surface area contributed by atoms with E-state index in [1.807, 2.05) is 0 Å². The van der Waals surface area contributed by atoms with Crippen LogP contribution < -0.4 is 4.84 Å². The van der Waals surface area contributed by atoms with Gasteiger partial charge in [0, 0.05) is 23.0 Å². The highest BCUT2D eigenvalue weighted by molar-refractivity contribution is 6.31. The first-order valence-electron chi connectivity index (χ1n) is 7.18. The van der Waals surface area contributed by atoms with Crippen molar-refractivity contribution in [1.29, 1.82) is 0 Å². The largest absolute Gasteiger partial charge is 0.336 e. The minimum absolute atomic E-state index is 0.174. The number of nitrogens with zero attached hydrogens (tertiary/aromatic N) is 2. The van der Waals surface area contributed by atoms with Crippen molar-refractivity contribution in [2.24, 2.45) is 0 Å². The summed E-state index contributed by atoms with van der Waals surface area (Å²) in [5.74, 6) is -0.853.